The van der Waals surface area contributed by atoms with E-state index < -0.39 is 0 Å². The van der Waals surface area contributed by atoms with Gasteiger partial charge in [0.15, 0.2) is 5.78 Å². The van der Waals surface area contributed by atoms with E-state index in [9.17, 15) is 9.59 Å². The molecule has 2 heterocycles. The summed E-state index contributed by atoms with van der Waals surface area (Å²) in [5, 5.41) is 8.12. The molecule has 29 heavy (non-hydrogen) atoms. The van der Waals surface area contributed by atoms with Crippen molar-refractivity contribution in [1.29, 1.82) is 0 Å². The van der Waals surface area contributed by atoms with E-state index in [4.69, 9.17) is 4.74 Å². The number of aryl methyl sites for hydroxylation is 1. The molecule has 0 bridgehead atoms. The number of carbonyl (C=O) groups excluding carboxylic acids is 2. The van der Waals surface area contributed by atoms with Crippen molar-refractivity contribution in [3.8, 4) is 5.75 Å². The van der Waals surface area contributed by atoms with Crippen LogP contribution in [0.4, 0.5) is 5.82 Å². The number of methoxy groups -OCH3 is 1. The van der Waals surface area contributed by atoms with Gasteiger partial charge in [-0.2, -0.15) is 5.10 Å². The molecular formula is C21H26N4O3S. The minimum atomic E-state index is -0.186. The van der Waals surface area contributed by atoms with Crippen LogP contribution in [0.1, 0.15) is 43.2 Å². The average Bonchev–Trinajstić information content (AvgIpc) is 3.32. The van der Waals surface area contributed by atoms with Crippen LogP contribution >= 0.6 is 11.3 Å². The highest BCUT2D eigenvalue weighted by atomic mass is 32.1. The highest BCUT2D eigenvalue weighted by molar-refractivity contribution is 7.10. The molecule has 7 nitrogen and oxygen atoms in total. The van der Waals surface area contributed by atoms with Gasteiger partial charge in [-0.05, 0) is 25.5 Å². The summed E-state index contributed by atoms with van der Waals surface area (Å²) in [6.45, 7) is 8.16. The van der Waals surface area contributed by atoms with E-state index in [1.54, 1.807) is 40.2 Å². The summed E-state index contributed by atoms with van der Waals surface area (Å²) in [6.07, 6.45) is 0.834. The first-order chi connectivity index (χ1) is 13.9. The maximum Gasteiger partial charge on any atom is 0.249 e. The van der Waals surface area contributed by atoms with E-state index in [0.717, 1.165) is 16.8 Å². The number of amides is 1. The third-order valence-electron chi connectivity index (χ3n) is 4.74. The summed E-state index contributed by atoms with van der Waals surface area (Å²) in [5.41, 5.74) is 1.08. The molecule has 0 unspecified atom stereocenters. The van der Waals surface area contributed by atoms with E-state index in [2.05, 4.69) is 10.1 Å². The van der Waals surface area contributed by atoms with Gasteiger partial charge in [0.2, 0.25) is 5.91 Å². The number of aromatic nitrogens is 3. The third-order valence-corrected chi connectivity index (χ3v) is 5.72. The van der Waals surface area contributed by atoms with Crippen molar-refractivity contribution in [3.05, 3.63) is 34.3 Å². The molecular weight excluding hydrogens is 388 g/mol. The van der Waals surface area contributed by atoms with Crippen LogP contribution in [0.15, 0.2) is 23.6 Å². The van der Waals surface area contributed by atoms with Gasteiger partial charge in [0.1, 0.15) is 23.8 Å². The lowest BCUT2D eigenvalue weighted by Crippen LogP contribution is -2.34. The van der Waals surface area contributed by atoms with Gasteiger partial charge in [0.25, 0.3) is 0 Å². The number of hydrogen-bond acceptors (Lipinski definition) is 6. The lowest BCUT2D eigenvalue weighted by atomic mass is 10.0. The zero-order chi connectivity index (χ0) is 21.1. The molecule has 0 fully saturated rings. The number of ether oxygens (including phenoxy) is 1. The summed E-state index contributed by atoms with van der Waals surface area (Å²) in [7, 11) is 1.58. The molecule has 0 radical (unpaired) electrons. The third kappa shape index (κ3) is 4.17. The van der Waals surface area contributed by atoms with Gasteiger partial charge in [0, 0.05) is 29.3 Å². The maximum absolute atomic E-state index is 13.1. The highest BCUT2D eigenvalue weighted by Gasteiger charge is 2.23. The van der Waals surface area contributed by atoms with Gasteiger partial charge in [-0.15, -0.1) is 11.3 Å². The largest absolute Gasteiger partial charge is 0.497 e. The van der Waals surface area contributed by atoms with E-state index in [1.165, 1.54) is 0 Å². The number of benzene rings is 1. The van der Waals surface area contributed by atoms with Gasteiger partial charge in [0.05, 0.1) is 17.6 Å². The Bertz CT molecular complexity index is 1040. The van der Waals surface area contributed by atoms with E-state index in [1.807, 2.05) is 39.1 Å². The normalized spacial score (nSPS) is 11.2. The fourth-order valence-corrected chi connectivity index (χ4v) is 3.86. The summed E-state index contributed by atoms with van der Waals surface area (Å²) in [5.74, 6) is 0.942. The SMILES string of the molecule is CCc1nc(N(CC)C(=O)Cn2nc(C(=O)C(C)C)c3ccc(OC)cc32)cs1. The Morgan fingerprint density at radius 3 is 2.62 bits per heavy atom. The standard InChI is InChI=1S/C21H26N4O3S/c1-6-18-22-17(12-29-18)24(7-2)19(26)11-25-16-10-14(28-5)8-9-15(16)20(23-25)21(27)13(3)4/h8-10,12-13H,6-7,11H2,1-5H3. The van der Waals surface area contributed by atoms with Gasteiger partial charge < -0.3 is 4.74 Å². The predicted octanol–water partition coefficient (Wildman–Crippen LogP) is 3.96. The molecule has 8 heteroatoms. The van der Waals surface area contributed by atoms with E-state index >= 15 is 0 Å². The van der Waals surface area contributed by atoms with Crippen molar-refractivity contribution in [1.82, 2.24) is 14.8 Å². The Hall–Kier alpha value is -2.74. The minimum absolute atomic E-state index is 0.0157. The summed E-state index contributed by atoms with van der Waals surface area (Å²) in [6, 6.07) is 5.43. The summed E-state index contributed by atoms with van der Waals surface area (Å²) in [4.78, 5) is 31.9. The number of fused-ring (bicyclic) bond motifs is 1. The number of carbonyl (C=O) groups is 2. The second-order valence-corrected chi connectivity index (χ2v) is 7.94. The molecule has 0 atom stereocenters. The molecule has 0 aliphatic carbocycles. The fraction of sp³-hybridized carbons (Fsp3) is 0.429. The van der Waals surface area contributed by atoms with Crippen molar-refractivity contribution >= 4 is 39.7 Å². The Morgan fingerprint density at radius 2 is 2.03 bits per heavy atom. The molecule has 2 aromatic heterocycles. The van der Waals surface area contributed by atoms with Crippen LogP contribution < -0.4 is 9.64 Å². The number of hydrogen-bond donors (Lipinski definition) is 0. The van der Waals surface area contributed by atoms with Crippen LogP contribution in [0.5, 0.6) is 5.75 Å². The van der Waals surface area contributed by atoms with Gasteiger partial charge in [-0.25, -0.2) is 4.98 Å². The topological polar surface area (TPSA) is 77.3 Å². The first-order valence-corrected chi connectivity index (χ1v) is 10.6. The summed E-state index contributed by atoms with van der Waals surface area (Å²) < 4.78 is 6.91. The number of nitrogens with zero attached hydrogens (tertiary/aromatic N) is 4. The number of ketones is 1. The van der Waals surface area contributed by atoms with Crippen molar-refractivity contribution in [2.24, 2.45) is 5.92 Å². The second kappa shape index (κ2) is 8.73. The first-order valence-electron chi connectivity index (χ1n) is 9.73. The van der Waals surface area contributed by atoms with Crippen LogP contribution in [-0.4, -0.2) is 40.1 Å². The quantitative estimate of drug-likeness (QED) is 0.522. The molecule has 1 amide bonds. The lowest BCUT2D eigenvalue weighted by molar-refractivity contribution is -0.119. The Balaban J connectivity index is 1.99. The lowest BCUT2D eigenvalue weighted by Gasteiger charge is -2.18. The number of rotatable bonds is 8. The predicted molar refractivity (Wildman–Crippen MR) is 115 cm³/mol. The van der Waals surface area contributed by atoms with Crippen LogP contribution in [-0.2, 0) is 17.8 Å². The van der Waals surface area contributed by atoms with Crippen molar-refractivity contribution in [3.63, 3.8) is 0 Å². The molecule has 154 valence electrons. The van der Waals surface area contributed by atoms with Crippen molar-refractivity contribution in [2.75, 3.05) is 18.6 Å². The first kappa shape index (κ1) is 21.0. The van der Waals surface area contributed by atoms with Gasteiger partial charge in [-0.1, -0.05) is 20.8 Å². The van der Waals surface area contributed by atoms with Crippen molar-refractivity contribution in [2.45, 2.75) is 40.7 Å². The number of anilines is 1. The monoisotopic (exact) mass is 414 g/mol. The molecule has 3 aromatic rings. The molecule has 0 spiro atoms. The molecule has 0 saturated carbocycles. The molecule has 0 aliphatic heterocycles. The smallest absolute Gasteiger partial charge is 0.249 e. The average molecular weight is 415 g/mol. The highest BCUT2D eigenvalue weighted by Crippen LogP contribution is 2.26. The Labute approximate surface area is 174 Å². The van der Waals surface area contributed by atoms with Gasteiger partial charge in [-0.3, -0.25) is 19.2 Å². The summed E-state index contributed by atoms with van der Waals surface area (Å²) >= 11 is 1.55. The second-order valence-electron chi connectivity index (χ2n) is 7.00. The van der Waals surface area contributed by atoms with Crippen LogP contribution in [0.3, 0.4) is 0 Å². The molecule has 0 aliphatic rings. The minimum Gasteiger partial charge on any atom is -0.497 e. The van der Waals surface area contributed by atoms with Crippen LogP contribution in [0.25, 0.3) is 10.9 Å². The number of likely N-dealkylation sites (N-methyl/N-ethyl adjacent to an activating group) is 1. The van der Waals surface area contributed by atoms with Gasteiger partial charge >= 0.3 is 0 Å². The maximum atomic E-state index is 13.1. The molecule has 3 rings (SSSR count). The number of Topliss-reactive ketones (excluding diaryl/α,β-unsaturated/α-hetero) is 1. The molecule has 0 saturated heterocycles. The Morgan fingerprint density at radius 1 is 1.28 bits per heavy atom. The fourth-order valence-electron chi connectivity index (χ4n) is 3.12. The van der Waals surface area contributed by atoms with E-state index in [-0.39, 0.29) is 24.2 Å². The molecule has 1 aromatic carbocycles. The zero-order valence-corrected chi connectivity index (χ0v) is 18.2. The number of thiazole rings is 1. The Kier molecular flexibility index (Phi) is 6.32. The van der Waals surface area contributed by atoms with Crippen LogP contribution in [0.2, 0.25) is 0 Å². The zero-order valence-electron chi connectivity index (χ0n) is 17.4. The molecule has 0 N–H and O–H groups in total. The van der Waals surface area contributed by atoms with Crippen LogP contribution in [0, 0.1) is 5.92 Å². The van der Waals surface area contributed by atoms with E-state index in [0.29, 0.717) is 29.3 Å². The van der Waals surface area contributed by atoms with Crippen molar-refractivity contribution < 1.29 is 14.3 Å².